The zero-order chi connectivity index (χ0) is 5.28. The highest BCUT2D eigenvalue weighted by Gasteiger charge is 2.08. The van der Waals surface area contributed by atoms with E-state index in [2.05, 4.69) is 10.2 Å². The molecule has 1 saturated heterocycles. The van der Waals surface area contributed by atoms with E-state index in [1.54, 1.807) is 0 Å². The summed E-state index contributed by atoms with van der Waals surface area (Å²) in [5, 5.41) is 3.03. The highest BCUT2D eigenvalue weighted by atomic mass is 32.1. The minimum atomic E-state index is 0.916. The molecule has 0 aliphatic carbocycles. The molecule has 0 bridgehead atoms. The van der Waals surface area contributed by atoms with Crippen LogP contribution in [0.5, 0.6) is 0 Å². The van der Waals surface area contributed by atoms with Gasteiger partial charge in [-0.05, 0) is 7.05 Å². The fraction of sp³-hybridized carbons (Fsp3) is 0.750. The van der Waals surface area contributed by atoms with Crippen LogP contribution in [0.4, 0.5) is 0 Å². The van der Waals surface area contributed by atoms with Gasteiger partial charge in [-0.25, -0.2) is 0 Å². The first-order chi connectivity index (χ1) is 3.29. The molecule has 7 heavy (non-hydrogen) atoms. The van der Waals surface area contributed by atoms with Gasteiger partial charge in [0.15, 0.2) is 0 Å². The van der Waals surface area contributed by atoms with Crippen LogP contribution in [0.2, 0.25) is 0 Å². The van der Waals surface area contributed by atoms with Crippen molar-refractivity contribution in [2.75, 3.05) is 20.3 Å². The zero-order valence-electron chi connectivity index (χ0n) is 4.27. The first-order valence-electron chi connectivity index (χ1n) is 2.24. The Hall–Kier alpha value is -0.150. The molecule has 0 saturated carbocycles. The molecule has 1 rings (SSSR count). The second-order valence-corrected chi connectivity index (χ2v) is 2.27. The molecule has 2 nitrogen and oxygen atoms in total. The lowest BCUT2D eigenvalue weighted by molar-refractivity contribution is 0.416. The minimum absolute atomic E-state index is 0.916. The first-order valence-corrected chi connectivity index (χ1v) is 2.65. The smallest absolute Gasteiger partial charge is 0.0906 e. The topological polar surface area (TPSA) is 15.3 Å². The number of hydrogen-bond donors (Lipinski definition) is 1. The average Bonchev–Trinajstić information content (AvgIpc) is 1.87. The lowest BCUT2D eigenvalue weighted by Gasteiger charge is -1.98. The van der Waals surface area contributed by atoms with Gasteiger partial charge in [0.1, 0.15) is 0 Å². The Balaban J connectivity index is 2.40. The Morgan fingerprint density at radius 3 is 2.71 bits per heavy atom. The predicted octanol–water partition coefficient (Wildman–Crippen LogP) is -0.194. The van der Waals surface area contributed by atoms with Crippen LogP contribution in [0, 0.1) is 0 Å². The zero-order valence-corrected chi connectivity index (χ0v) is 5.09. The maximum absolute atomic E-state index is 4.84. The summed E-state index contributed by atoms with van der Waals surface area (Å²) in [6.07, 6.45) is 0. The van der Waals surface area contributed by atoms with Gasteiger partial charge in [0.2, 0.25) is 0 Å². The Morgan fingerprint density at radius 1 is 1.86 bits per heavy atom. The molecule has 1 fully saturated rings. The van der Waals surface area contributed by atoms with Gasteiger partial charge in [0, 0.05) is 0 Å². The van der Waals surface area contributed by atoms with Crippen molar-refractivity contribution < 1.29 is 0 Å². The van der Waals surface area contributed by atoms with Crippen LogP contribution in [0.25, 0.3) is 0 Å². The summed E-state index contributed by atoms with van der Waals surface area (Å²) in [6, 6.07) is 0. The minimum Gasteiger partial charge on any atom is -0.366 e. The van der Waals surface area contributed by atoms with Gasteiger partial charge in [-0.1, -0.05) is 12.2 Å². The van der Waals surface area contributed by atoms with Crippen molar-refractivity contribution in [2.45, 2.75) is 0 Å². The van der Waals surface area contributed by atoms with Crippen molar-refractivity contribution in [3.8, 4) is 0 Å². The number of rotatable bonds is 0. The van der Waals surface area contributed by atoms with E-state index in [1.165, 1.54) is 0 Å². The molecule has 1 aliphatic rings. The third-order valence-corrected chi connectivity index (χ3v) is 1.23. The van der Waals surface area contributed by atoms with Crippen LogP contribution >= 0.6 is 12.2 Å². The van der Waals surface area contributed by atoms with Crippen LogP contribution in [0.1, 0.15) is 0 Å². The van der Waals surface area contributed by atoms with Crippen molar-refractivity contribution in [2.24, 2.45) is 0 Å². The third kappa shape index (κ3) is 1.11. The SMILES string of the molecule is CN1CNC(=S)C1. The second-order valence-electron chi connectivity index (χ2n) is 1.77. The summed E-state index contributed by atoms with van der Waals surface area (Å²) in [7, 11) is 2.03. The Bertz CT molecular complexity index is 91.7. The number of nitrogens with zero attached hydrogens (tertiary/aromatic N) is 1. The summed E-state index contributed by atoms with van der Waals surface area (Å²) < 4.78 is 0. The van der Waals surface area contributed by atoms with Gasteiger partial charge in [0.25, 0.3) is 0 Å². The molecule has 0 aromatic heterocycles. The number of thiocarbonyl (C=S) groups is 1. The van der Waals surface area contributed by atoms with E-state index in [4.69, 9.17) is 12.2 Å². The van der Waals surface area contributed by atoms with Crippen molar-refractivity contribution in [1.82, 2.24) is 10.2 Å². The number of likely N-dealkylation sites (N-methyl/N-ethyl adjacent to an activating group) is 1. The van der Waals surface area contributed by atoms with Gasteiger partial charge in [-0.15, -0.1) is 0 Å². The van der Waals surface area contributed by atoms with Gasteiger partial charge >= 0.3 is 0 Å². The van der Waals surface area contributed by atoms with E-state index in [0.717, 1.165) is 18.2 Å². The summed E-state index contributed by atoms with van der Waals surface area (Å²) >= 11 is 4.84. The van der Waals surface area contributed by atoms with Crippen LogP contribution in [-0.2, 0) is 0 Å². The molecule has 40 valence electrons. The predicted molar refractivity (Wildman–Crippen MR) is 33.2 cm³/mol. The molecule has 0 unspecified atom stereocenters. The standard InChI is InChI=1S/C4H8N2S/c1-6-2-4(7)5-3-6/h2-3H2,1H3,(H,5,7). The number of hydrogen-bond acceptors (Lipinski definition) is 2. The summed E-state index contributed by atoms with van der Waals surface area (Å²) in [5.74, 6) is 0. The van der Waals surface area contributed by atoms with Gasteiger partial charge in [-0.3, -0.25) is 4.90 Å². The normalized spacial score (nSPS) is 22.7. The molecule has 0 amide bonds. The maximum atomic E-state index is 4.84. The highest BCUT2D eigenvalue weighted by Crippen LogP contribution is 1.88. The van der Waals surface area contributed by atoms with Gasteiger partial charge in [-0.2, -0.15) is 0 Å². The van der Waals surface area contributed by atoms with Crippen LogP contribution < -0.4 is 5.32 Å². The van der Waals surface area contributed by atoms with E-state index in [9.17, 15) is 0 Å². The fourth-order valence-corrected chi connectivity index (χ4v) is 0.865. The lowest BCUT2D eigenvalue weighted by Crippen LogP contribution is -2.15. The van der Waals surface area contributed by atoms with Crippen LogP contribution in [0.3, 0.4) is 0 Å². The van der Waals surface area contributed by atoms with E-state index < -0.39 is 0 Å². The molecule has 0 aromatic carbocycles. The third-order valence-electron chi connectivity index (χ3n) is 0.960. The molecule has 0 spiro atoms. The molecule has 1 aliphatic heterocycles. The lowest BCUT2D eigenvalue weighted by atomic mass is 10.7. The van der Waals surface area contributed by atoms with E-state index in [0.29, 0.717) is 0 Å². The molecule has 0 aromatic rings. The highest BCUT2D eigenvalue weighted by molar-refractivity contribution is 7.80. The molecule has 1 heterocycles. The summed E-state index contributed by atoms with van der Waals surface area (Å²) in [5.41, 5.74) is 0. The van der Waals surface area contributed by atoms with E-state index in [-0.39, 0.29) is 0 Å². The number of nitrogens with one attached hydrogen (secondary N) is 1. The average molecular weight is 116 g/mol. The fourth-order valence-electron chi connectivity index (χ4n) is 0.580. The quantitative estimate of drug-likeness (QED) is 0.441. The molecular weight excluding hydrogens is 108 g/mol. The monoisotopic (exact) mass is 116 g/mol. The summed E-state index contributed by atoms with van der Waals surface area (Å²) in [6.45, 7) is 1.84. The molecule has 0 radical (unpaired) electrons. The van der Waals surface area contributed by atoms with Gasteiger partial charge in [0.05, 0.1) is 18.2 Å². The van der Waals surface area contributed by atoms with Crippen LogP contribution in [0.15, 0.2) is 0 Å². The molecule has 1 N–H and O–H groups in total. The van der Waals surface area contributed by atoms with Crippen LogP contribution in [-0.4, -0.2) is 30.1 Å². The van der Waals surface area contributed by atoms with Crippen molar-refractivity contribution in [1.29, 1.82) is 0 Å². The first kappa shape index (κ1) is 5.00. The molecular formula is C4H8N2S. The van der Waals surface area contributed by atoms with Gasteiger partial charge < -0.3 is 5.32 Å². The Kier molecular flexibility index (Phi) is 1.25. The Morgan fingerprint density at radius 2 is 2.57 bits per heavy atom. The maximum Gasteiger partial charge on any atom is 0.0906 e. The van der Waals surface area contributed by atoms with E-state index in [1.807, 2.05) is 7.05 Å². The molecule has 0 atom stereocenters. The van der Waals surface area contributed by atoms with Crippen molar-refractivity contribution in [3.63, 3.8) is 0 Å². The summed E-state index contributed by atoms with van der Waals surface area (Å²) in [4.78, 5) is 3.09. The molecule has 3 heteroatoms. The van der Waals surface area contributed by atoms with Crippen molar-refractivity contribution >= 4 is 17.2 Å². The largest absolute Gasteiger partial charge is 0.366 e. The van der Waals surface area contributed by atoms with E-state index >= 15 is 0 Å². The van der Waals surface area contributed by atoms with Crippen molar-refractivity contribution in [3.05, 3.63) is 0 Å². The Labute approximate surface area is 48.5 Å². The second kappa shape index (κ2) is 1.76.